The fraction of sp³-hybridized carbons (Fsp3) is 0.174. The van der Waals surface area contributed by atoms with Crippen molar-refractivity contribution in [3.8, 4) is 17.1 Å². The zero-order valence-electron chi connectivity index (χ0n) is 17.5. The molecule has 0 radical (unpaired) electrons. The van der Waals surface area contributed by atoms with Crippen LogP contribution in [0.15, 0.2) is 65.7 Å². The van der Waals surface area contributed by atoms with E-state index in [1.807, 2.05) is 42.5 Å². The minimum atomic E-state index is -0.562. The molecule has 162 valence electrons. The fourth-order valence-corrected chi connectivity index (χ4v) is 3.38. The number of oxazole rings is 1. The maximum absolute atomic E-state index is 14.4. The minimum absolute atomic E-state index is 0.0600. The molecule has 3 N–H and O–H groups in total. The first kappa shape index (κ1) is 19.8. The molecule has 0 bridgehead atoms. The minimum Gasteiger partial charge on any atom is -0.489 e. The highest BCUT2D eigenvalue weighted by molar-refractivity contribution is 5.70. The maximum Gasteiger partial charge on any atom is 0.229 e. The summed E-state index contributed by atoms with van der Waals surface area (Å²) < 4.78 is 25.5. The molecule has 32 heavy (non-hydrogen) atoms. The molecule has 9 heteroatoms. The van der Waals surface area contributed by atoms with Crippen LogP contribution in [-0.2, 0) is 0 Å². The molecule has 0 saturated carbocycles. The lowest BCUT2D eigenvalue weighted by atomic mass is 10.0. The Morgan fingerprint density at radius 1 is 1.06 bits per heavy atom. The van der Waals surface area contributed by atoms with E-state index in [9.17, 15) is 4.39 Å². The number of hydrogen-bond donors (Lipinski definition) is 3. The molecule has 1 aliphatic rings. The van der Waals surface area contributed by atoms with Crippen LogP contribution in [0, 0.1) is 5.82 Å². The summed E-state index contributed by atoms with van der Waals surface area (Å²) in [5, 5.41) is 9.54. The van der Waals surface area contributed by atoms with Gasteiger partial charge in [0.1, 0.15) is 12.4 Å². The second kappa shape index (κ2) is 7.84. The first-order valence-corrected chi connectivity index (χ1v) is 10.1. The number of benzene rings is 2. The van der Waals surface area contributed by atoms with Crippen molar-refractivity contribution in [3.63, 3.8) is 0 Å². The Morgan fingerprint density at radius 3 is 2.78 bits per heavy atom. The van der Waals surface area contributed by atoms with Gasteiger partial charge in [0, 0.05) is 16.9 Å². The molecule has 4 aromatic rings. The number of rotatable bonds is 5. The number of fused-ring (bicyclic) bond motifs is 1. The van der Waals surface area contributed by atoms with Crippen LogP contribution in [0.4, 0.5) is 33.2 Å². The van der Waals surface area contributed by atoms with Crippen molar-refractivity contribution in [1.82, 2.24) is 15.0 Å². The van der Waals surface area contributed by atoms with E-state index in [4.69, 9.17) is 9.15 Å². The normalized spacial score (nSPS) is 14.1. The highest BCUT2D eigenvalue weighted by Gasteiger charge is 2.25. The summed E-state index contributed by atoms with van der Waals surface area (Å²) >= 11 is 0. The van der Waals surface area contributed by atoms with Crippen LogP contribution >= 0.6 is 0 Å². The molecule has 8 nitrogen and oxygen atoms in total. The summed E-state index contributed by atoms with van der Waals surface area (Å²) in [6.07, 6.45) is 4.13. The lowest BCUT2D eigenvalue weighted by Gasteiger charge is -2.33. The van der Waals surface area contributed by atoms with Crippen LogP contribution in [0.3, 0.4) is 0 Å². The quantitative estimate of drug-likeness (QED) is 0.389. The predicted octanol–water partition coefficient (Wildman–Crippen LogP) is 5.34. The van der Waals surface area contributed by atoms with Crippen LogP contribution in [0.25, 0.3) is 11.3 Å². The van der Waals surface area contributed by atoms with Crippen LogP contribution in [0.5, 0.6) is 5.75 Å². The van der Waals surface area contributed by atoms with Gasteiger partial charge in [-0.3, -0.25) is 0 Å². The first-order valence-electron chi connectivity index (χ1n) is 10.1. The molecule has 5 rings (SSSR count). The number of nitrogens with one attached hydrogen (secondary N) is 3. The molecule has 0 unspecified atom stereocenters. The largest absolute Gasteiger partial charge is 0.489 e. The van der Waals surface area contributed by atoms with Crippen molar-refractivity contribution in [1.29, 1.82) is 0 Å². The third-order valence-electron chi connectivity index (χ3n) is 4.88. The fourth-order valence-electron chi connectivity index (χ4n) is 3.38. The summed E-state index contributed by atoms with van der Waals surface area (Å²) in [6.45, 7) is 4.67. The summed E-state index contributed by atoms with van der Waals surface area (Å²) in [4.78, 5) is 12.3. The highest BCUT2D eigenvalue weighted by Crippen LogP contribution is 2.35. The van der Waals surface area contributed by atoms with Gasteiger partial charge >= 0.3 is 0 Å². The Bertz CT molecular complexity index is 1260. The third-order valence-corrected chi connectivity index (χ3v) is 4.88. The second-order valence-electron chi connectivity index (χ2n) is 8.10. The molecule has 2 aromatic heterocycles. The monoisotopic (exact) mass is 432 g/mol. The van der Waals surface area contributed by atoms with Crippen LogP contribution < -0.4 is 20.7 Å². The standard InChI is InChI=1S/C23H21FN6O2/c1-23(2)12-31-19-7-6-16(9-18(19)30-23)27-21-17(24)10-26-22(29-21)28-15-5-3-4-14(8-15)20-11-25-13-32-20/h3-11,13,30H,12H2,1-2H3,(H2,26,27,28,29). The Balaban J connectivity index is 1.37. The molecule has 3 heterocycles. The van der Waals surface area contributed by atoms with E-state index in [0.29, 0.717) is 18.1 Å². The molecular formula is C23H21FN6O2. The topological polar surface area (TPSA) is 97.1 Å². The van der Waals surface area contributed by atoms with Gasteiger partial charge in [0.2, 0.25) is 5.95 Å². The lowest BCUT2D eigenvalue weighted by Crippen LogP contribution is -2.40. The molecule has 0 aliphatic carbocycles. The summed E-state index contributed by atoms with van der Waals surface area (Å²) in [5.74, 6) is 1.15. The molecule has 2 aromatic carbocycles. The molecular weight excluding hydrogens is 411 g/mol. The van der Waals surface area contributed by atoms with Gasteiger partial charge in [-0.05, 0) is 44.2 Å². The van der Waals surface area contributed by atoms with E-state index in [1.54, 1.807) is 6.20 Å². The molecule has 0 saturated heterocycles. The van der Waals surface area contributed by atoms with Crippen molar-refractivity contribution < 1.29 is 13.5 Å². The van der Waals surface area contributed by atoms with Gasteiger partial charge < -0.3 is 25.1 Å². The average Bonchev–Trinajstić information content (AvgIpc) is 3.30. The van der Waals surface area contributed by atoms with E-state index in [2.05, 4.69) is 44.7 Å². The number of hydrogen-bond acceptors (Lipinski definition) is 8. The smallest absolute Gasteiger partial charge is 0.229 e. The third kappa shape index (κ3) is 4.18. The van der Waals surface area contributed by atoms with Gasteiger partial charge in [0.25, 0.3) is 0 Å². The van der Waals surface area contributed by atoms with Crippen molar-refractivity contribution in [2.45, 2.75) is 19.4 Å². The first-order chi connectivity index (χ1) is 15.4. The SMILES string of the molecule is CC1(C)COc2ccc(Nc3nc(Nc4cccc(-c5cnco5)c4)ncc3F)cc2N1. The lowest BCUT2D eigenvalue weighted by molar-refractivity contribution is 0.242. The number of nitrogens with zero attached hydrogens (tertiary/aromatic N) is 3. The molecule has 0 amide bonds. The van der Waals surface area contributed by atoms with Crippen molar-refractivity contribution in [2.24, 2.45) is 0 Å². The number of ether oxygens (including phenoxy) is 1. The Morgan fingerprint density at radius 2 is 1.94 bits per heavy atom. The second-order valence-corrected chi connectivity index (χ2v) is 8.10. The number of halogens is 1. The molecule has 1 aliphatic heterocycles. The van der Waals surface area contributed by atoms with Gasteiger partial charge in [0.15, 0.2) is 23.8 Å². The van der Waals surface area contributed by atoms with Crippen molar-refractivity contribution in [2.75, 3.05) is 22.6 Å². The zero-order valence-corrected chi connectivity index (χ0v) is 17.5. The molecule has 0 fully saturated rings. The van der Waals surface area contributed by atoms with Gasteiger partial charge in [-0.25, -0.2) is 14.4 Å². The van der Waals surface area contributed by atoms with E-state index in [0.717, 1.165) is 28.9 Å². The van der Waals surface area contributed by atoms with Gasteiger partial charge in [-0.1, -0.05) is 12.1 Å². The van der Waals surface area contributed by atoms with Crippen LogP contribution in [0.1, 0.15) is 13.8 Å². The highest BCUT2D eigenvalue weighted by atomic mass is 19.1. The van der Waals surface area contributed by atoms with E-state index in [-0.39, 0.29) is 17.3 Å². The van der Waals surface area contributed by atoms with Gasteiger partial charge in [-0.2, -0.15) is 4.98 Å². The van der Waals surface area contributed by atoms with Crippen LogP contribution in [0.2, 0.25) is 0 Å². The average molecular weight is 432 g/mol. The Labute approximate surface area is 183 Å². The van der Waals surface area contributed by atoms with E-state index in [1.165, 1.54) is 6.39 Å². The van der Waals surface area contributed by atoms with Crippen LogP contribution in [-0.4, -0.2) is 27.1 Å². The maximum atomic E-state index is 14.4. The Hall–Kier alpha value is -4.14. The summed E-state index contributed by atoms with van der Waals surface area (Å²) in [6, 6.07) is 13.0. The number of anilines is 5. The number of aromatic nitrogens is 3. The summed E-state index contributed by atoms with van der Waals surface area (Å²) in [7, 11) is 0. The predicted molar refractivity (Wildman–Crippen MR) is 120 cm³/mol. The molecule has 0 spiro atoms. The van der Waals surface area contributed by atoms with Crippen molar-refractivity contribution in [3.05, 3.63) is 67.1 Å². The van der Waals surface area contributed by atoms with Gasteiger partial charge in [-0.15, -0.1) is 0 Å². The van der Waals surface area contributed by atoms with Crippen molar-refractivity contribution >= 4 is 28.8 Å². The van der Waals surface area contributed by atoms with E-state index >= 15 is 0 Å². The van der Waals surface area contributed by atoms with E-state index < -0.39 is 5.82 Å². The van der Waals surface area contributed by atoms with Gasteiger partial charge in [0.05, 0.1) is 23.6 Å². The Kier molecular flexibility index (Phi) is 4.85. The molecule has 0 atom stereocenters. The summed E-state index contributed by atoms with van der Waals surface area (Å²) in [5.41, 5.74) is 2.90. The zero-order chi connectivity index (χ0) is 22.1.